The molecular formula is C4H6N2O4. The molecule has 0 aromatic carbocycles. The monoisotopic (exact) mass is 146 g/mol. The first kappa shape index (κ1) is 6.97. The van der Waals surface area contributed by atoms with Gasteiger partial charge in [0.25, 0.3) is 0 Å². The van der Waals surface area contributed by atoms with Crippen LogP contribution in [0.15, 0.2) is 10.3 Å². The highest BCUT2D eigenvalue weighted by molar-refractivity contribution is 6.52. The number of hydrogen-bond acceptors (Lipinski definition) is 6. The molecule has 0 bridgehead atoms. The average Bonchev–Trinajstić information content (AvgIpc) is 1.97. The van der Waals surface area contributed by atoms with Gasteiger partial charge in [-0.15, -0.1) is 0 Å². The highest BCUT2D eigenvalue weighted by Crippen LogP contribution is 2.14. The molecule has 6 nitrogen and oxygen atoms in total. The summed E-state index contributed by atoms with van der Waals surface area (Å²) < 4.78 is 0. The number of rotatable bonds is 0. The Bertz CT molecular complexity index is 177. The van der Waals surface area contributed by atoms with E-state index >= 15 is 0 Å². The summed E-state index contributed by atoms with van der Waals surface area (Å²) in [5, 5.41) is 38.9. The lowest BCUT2D eigenvalue weighted by Crippen LogP contribution is -2.57. The van der Waals surface area contributed by atoms with E-state index in [1.165, 1.54) is 0 Å². The molecule has 0 saturated heterocycles. The molecule has 2 atom stereocenters. The van der Waals surface area contributed by atoms with Crippen LogP contribution in [0.3, 0.4) is 0 Å². The normalized spacial score (nSPS) is 40.2. The van der Waals surface area contributed by atoms with Crippen LogP contribution in [0, 0.1) is 0 Å². The first-order valence-electron chi connectivity index (χ1n) is 2.52. The largest absolute Gasteiger partial charge is 0.411 e. The molecule has 1 saturated carbocycles. The highest BCUT2D eigenvalue weighted by Gasteiger charge is 2.43. The van der Waals surface area contributed by atoms with E-state index in [-0.39, 0.29) is 11.4 Å². The molecule has 0 heterocycles. The lowest BCUT2D eigenvalue weighted by atomic mass is 9.87. The Hall–Kier alpha value is -1.14. The zero-order valence-electron chi connectivity index (χ0n) is 4.84. The highest BCUT2D eigenvalue weighted by atomic mass is 16.4. The van der Waals surface area contributed by atoms with Crippen LogP contribution in [0.2, 0.25) is 0 Å². The molecule has 1 aliphatic carbocycles. The second-order valence-electron chi connectivity index (χ2n) is 1.86. The summed E-state index contributed by atoms with van der Waals surface area (Å²) in [6, 6.07) is 0. The molecule has 0 radical (unpaired) electrons. The maximum atomic E-state index is 8.75. The molecule has 1 fully saturated rings. The maximum Gasteiger partial charge on any atom is 0.139 e. The van der Waals surface area contributed by atoms with Gasteiger partial charge < -0.3 is 20.6 Å². The van der Waals surface area contributed by atoms with Crippen LogP contribution in [0.25, 0.3) is 0 Å². The molecule has 0 unspecified atom stereocenters. The average molecular weight is 146 g/mol. The van der Waals surface area contributed by atoms with Gasteiger partial charge >= 0.3 is 0 Å². The van der Waals surface area contributed by atoms with Gasteiger partial charge in [0.15, 0.2) is 0 Å². The molecular weight excluding hydrogens is 140 g/mol. The van der Waals surface area contributed by atoms with Gasteiger partial charge in [0.05, 0.1) is 0 Å². The second kappa shape index (κ2) is 2.24. The van der Waals surface area contributed by atoms with E-state index in [9.17, 15) is 0 Å². The first-order valence-corrected chi connectivity index (χ1v) is 2.52. The third-order valence-corrected chi connectivity index (χ3v) is 1.34. The molecule has 6 heteroatoms. The van der Waals surface area contributed by atoms with Crippen molar-refractivity contribution in [2.75, 3.05) is 0 Å². The van der Waals surface area contributed by atoms with Gasteiger partial charge in [0, 0.05) is 0 Å². The minimum Gasteiger partial charge on any atom is -0.411 e. The SMILES string of the molecule is O/N=C1/C(=N/O)[C@@H](O)[C@@H]1O. The van der Waals surface area contributed by atoms with Gasteiger partial charge in [-0.1, -0.05) is 10.3 Å². The number of aliphatic hydroxyl groups is 2. The maximum absolute atomic E-state index is 8.75. The van der Waals surface area contributed by atoms with Crippen molar-refractivity contribution in [1.82, 2.24) is 0 Å². The Morgan fingerprint density at radius 2 is 1.20 bits per heavy atom. The molecule has 0 spiro atoms. The van der Waals surface area contributed by atoms with Gasteiger partial charge in [-0.2, -0.15) is 0 Å². The van der Waals surface area contributed by atoms with E-state index in [2.05, 4.69) is 10.3 Å². The van der Waals surface area contributed by atoms with E-state index in [1.807, 2.05) is 0 Å². The van der Waals surface area contributed by atoms with Crippen LogP contribution in [-0.4, -0.2) is 44.3 Å². The third kappa shape index (κ3) is 0.662. The first-order chi connectivity index (χ1) is 4.72. The summed E-state index contributed by atoms with van der Waals surface area (Å²) in [5.74, 6) is 0. The molecule has 0 aliphatic heterocycles. The van der Waals surface area contributed by atoms with Gasteiger partial charge in [0.2, 0.25) is 0 Å². The van der Waals surface area contributed by atoms with Crippen molar-refractivity contribution in [3.63, 3.8) is 0 Å². The fraction of sp³-hybridized carbons (Fsp3) is 0.500. The topological polar surface area (TPSA) is 106 Å². The quantitative estimate of drug-likeness (QED) is 0.243. The smallest absolute Gasteiger partial charge is 0.139 e. The Morgan fingerprint density at radius 1 is 0.900 bits per heavy atom. The van der Waals surface area contributed by atoms with Crippen LogP contribution in [-0.2, 0) is 0 Å². The number of hydrogen-bond donors (Lipinski definition) is 4. The zero-order valence-corrected chi connectivity index (χ0v) is 4.84. The summed E-state index contributed by atoms with van der Waals surface area (Å²) in [4.78, 5) is 0. The van der Waals surface area contributed by atoms with Gasteiger partial charge in [0.1, 0.15) is 23.6 Å². The molecule has 4 N–H and O–H groups in total. The minimum absolute atomic E-state index is 0.199. The lowest BCUT2D eigenvalue weighted by Gasteiger charge is -2.28. The van der Waals surface area contributed by atoms with E-state index in [0.29, 0.717) is 0 Å². The van der Waals surface area contributed by atoms with Crippen molar-refractivity contribution in [2.45, 2.75) is 12.2 Å². The molecule has 1 aliphatic rings. The van der Waals surface area contributed by atoms with Crippen molar-refractivity contribution < 1.29 is 20.6 Å². The standard InChI is InChI=1S/C4H6N2O4/c7-3-1(5-9)2(6-10)4(3)8/h3-4,7-10H/b5-1-,6-2-/t3-,4-/m1/s1. The predicted molar refractivity (Wildman–Crippen MR) is 30.5 cm³/mol. The summed E-state index contributed by atoms with van der Waals surface area (Å²) >= 11 is 0. The summed E-state index contributed by atoms with van der Waals surface area (Å²) in [6.45, 7) is 0. The minimum atomic E-state index is -1.24. The lowest BCUT2D eigenvalue weighted by molar-refractivity contribution is 0.0854. The van der Waals surface area contributed by atoms with Gasteiger partial charge in [-0.25, -0.2) is 0 Å². The molecule has 56 valence electrons. The Morgan fingerprint density at radius 3 is 1.40 bits per heavy atom. The number of nitrogens with zero attached hydrogens (tertiary/aromatic N) is 2. The Balaban J connectivity index is 2.81. The molecule has 1 rings (SSSR count). The summed E-state index contributed by atoms with van der Waals surface area (Å²) in [6.07, 6.45) is -2.48. The second-order valence-corrected chi connectivity index (χ2v) is 1.86. The third-order valence-electron chi connectivity index (χ3n) is 1.34. The fourth-order valence-corrected chi connectivity index (χ4v) is 0.727. The van der Waals surface area contributed by atoms with Crippen LogP contribution >= 0.6 is 0 Å². The van der Waals surface area contributed by atoms with Crippen molar-refractivity contribution in [3.05, 3.63) is 0 Å². The van der Waals surface area contributed by atoms with Crippen LogP contribution in [0.4, 0.5) is 0 Å². The van der Waals surface area contributed by atoms with Crippen molar-refractivity contribution in [2.24, 2.45) is 10.3 Å². The summed E-state index contributed by atoms with van der Waals surface area (Å²) in [7, 11) is 0. The molecule has 0 aromatic heterocycles. The fourth-order valence-electron chi connectivity index (χ4n) is 0.727. The van der Waals surface area contributed by atoms with Gasteiger partial charge in [-0.05, 0) is 0 Å². The van der Waals surface area contributed by atoms with Crippen molar-refractivity contribution in [1.29, 1.82) is 0 Å². The van der Waals surface area contributed by atoms with E-state index < -0.39 is 12.2 Å². The van der Waals surface area contributed by atoms with Crippen LogP contribution in [0.1, 0.15) is 0 Å². The van der Waals surface area contributed by atoms with Gasteiger partial charge in [-0.3, -0.25) is 0 Å². The predicted octanol–water partition coefficient (Wildman–Crippen LogP) is -1.62. The number of aliphatic hydroxyl groups excluding tert-OH is 2. The zero-order chi connectivity index (χ0) is 7.72. The van der Waals surface area contributed by atoms with Crippen LogP contribution in [0.5, 0.6) is 0 Å². The Labute approximate surface area is 55.7 Å². The van der Waals surface area contributed by atoms with Crippen LogP contribution < -0.4 is 0 Å². The summed E-state index contributed by atoms with van der Waals surface area (Å²) in [5.41, 5.74) is -0.398. The number of oxime groups is 2. The van der Waals surface area contributed by atoms with Crippen molar-refractivity contribution in [3.8, 4) is 0 Å². The van der Waals surface area contributed by atoms with E-state index in [0.717, 1.165) is 0 Å². The molecule has 10 heavy (non-hydrogen) atoms. The van der Waals surface area contributed by atoms with Crippen molar-refractivity contribution >= 4 is 11.4 Å². The Kier molecular flexibility index (Phi) is 1.56. The van der Waals surface area contributed by atoms with E-state index in [1.54, 1.807) is 0 Å². The molecule has 0 amide bonds. The molecule has 0 aromatic rings. The van der Waals surface area contributed by atoms with E-state index in [4.69, 9.17) is 20.6 Å².